The van der Waals surface area contributed by atoms with Crippen LogP contribution in [0.4, 0.5) is 0 Å². The van der Waals surface area contributed by atoms with Gasteiger partial charge < -0.3 is 5.32 Å². The van der Waals surface area contributed by atoms with Gasteiger partial charge in [-0.05, 0) is 37.6 Å². The first-order valence-electron chi connectivity index (χ1n) is 6.89. The number of hydrogen-bond donors (Lipinski definition) is 1. The summed E-state index contributed by atoms with van der Waals surface area (Å²) in [5, 5.41) is 3.20. The number of aryl methyl sites for hydroxylation is 1. The Morgan fingerprint density at radius 2 is 1.95 bits per heavy atom. The number of carbonyl (C=O) groups excluding carboxylic acids is 2. The molecule has 1 N–H and O–H groups in total. The standard InChI is InChI=1S/C15H20N2O2/c1-3-11-7-5-8-12-13(11)15(19)17(14(12)18)10-6-9-16-4-2/h5,7-8,16H,3-4,6,9-10H2,1-2H3. The van der Waals surface area contributed by atoms with Gasteiger partial charge in [-0.2, -0.15) is 0 Å². The lowest BCUT2D eigenvalue weighted by Crippen LogP contribution is -2.32. The maximum atomic E-state index is 12.3. The van der Waals surface area contributed by atoms with Crippen LogP contribution < -0.4 is 5.32 Å². The zero-order valence-electron chi connectivity index (χ0n) is 11.5. The van der Waals surface area contributed by atoms with E-state index >= 15 is 0 Å². The van der Waals surface area contributed by atoms with E-state index in [4.69, 9.17) is 0 Å². The molecule has 2 rings (SSSR count). The van der Waals surface area contributed by atoms with E-state index in [1.807, 2.05) is 26.0 Å². The van der Waals surface area contributed by atoms with Crippen LogP contribution in [0.5, 0.6) is 0 Å². The summed E-state index contributed by atoms with van der Waals surface area (Å²) in [6.07, 6.45) is 1.56. The van der Waals surface area contributed by atoms with Gasteiger partial charge in [0.15, 0.2) is 0 Å². The molecule has 4 heteroatoms. The van der Waals surface area contributed by atoms with Gasteiger partial charge in [-0.25, -0.2) is 0 Å². The molecule has 2 amide bonds. The van der Waals surface area contributed by atoms with Gasteiger partial charge in [0.05, 0.1) is 11.1 Å². The second-order valence-electron chi connectivity index (χ2n) is 4.66. The molecule has 102 valence electrons. The predicted octanol–water partition coefficient (Wildman–Crippen LogP) is 1.84. The van der Waals surface area contributed by atoms with E-state index in [-0.39, 0.29) is 11.8 Å². The molecule has 0 aromatic heterocycles. The van der Waals surface area contributed by atoms with Crippen molar-refractivity contribution in [1.82, 2.24) is 10.2 Å². The minimum atomic E-state index is -0.146. The zero-order chi connectivity index (χ0) is 13.8. The third kappa shape index (κ3) is 2.54. The number of rotatable bonds is 6. The highest BCUT2D eigenvalue weighted by Gasteiger charge is 2.36. The van der Waals surface area contributed by atoms with Crippen molar-refractivity contribution in [1.29, 1.82) is 0 Å². The van der Waals surface area contributed by atoms with Gasteiger partial charge in [0.1, 0.15) is 0 Å². The van der Waals surface area contributed by atoms with E-state index in [9.17, 15) is 9.59 Å². The van der Waals surface area contributed by atoms with Crippen LogP contribution in [0, 0.1) is 0 Å². The highest BCUT2D eigenvalue weighted by molar-refractivity contribution is 6.22. The number of imide groups is 1. The van der Waals surface area contributed by atoms with Gasteiger partial charge in [-0.3, -0.25) is 14.5 Å². The second-order valence-corrected chi connectivity index (χ2v) is 4.66. The van der Waals surface area contributed by atoms with Gasteiger partial charge in [-0.1, -0.05) is 26.0 Å². The van der Waals surface area contributed by atoms with Crippen molar-refractivity contribution in [2.45, 2.75) is 26.7 Å². The maximum absolute atomic E-state index is 12.3. The van der Waals surface area contributed by atoms with Crippen molar-refractivity contribution in [2.75, 3.05) is 19.6 Å². The first kappa shape index (κ1) is 13.7. The molecule has 1 aromatic carbocycles. The number of carbonyl (C=O) groups is 2. The molecule has 1 aromatic rings. The molecule has 0 unspecified atom stereocenters. The van der Waals surface area contributed by atoms with Crippen LogP contribution in [0.1, 0.15) is 46.5 Å². The summed E-state index contributed by atoms with van der Waals surface area (Å²) in [6.45, 7) is 6.26. The quantitative estimate of drug-likeness (QED) is 0.627. The largest absolute Gasteiger partial charge is 0.317 e. The molecule has 1 aliphatic rings. The van der Waals surface area contributed by atoms with Gasteiger partial charge >= 0.3 is 0 Å². The third-order valence-corrected chi connectivity index (χ3v) is 3.45. The Labute approximate surface area is 113 Å². The van der Waals surface area contributed by atoms with Crippen molar-refractivity contribution in [2.24, 2.45) is 0 Å². The Bertz CT molecular complexity index is 497. The molecule has 0 atom stereocenters. The molecule has 0 spiro atoms. The lowest BCUT2D eigenvalue weighted by molar-refractivity contribution is 0.0652. The minimum Gasteiger partial charge on any atom is -0.317 e. The van der Waals surface area contributed by atoms with Crippen molar-refractivity contribution in [3.63, 3.8) is 0 Å². The molecular formula is C15H20N2O2. The highest BCUT2D eigenvalue weighted by Crippen LogP contribution is 2.26. The maximum Gasteiger partial charge on any atom is 0.261 e. The third-order valence-electron chi connectivity index (χ3n) is 3.45. The van der Waals surface area contributed by atoms with E-state index in [2.05, 4.69) is 5.32 Å². The summed E-state index contributed by atoms with van der Waals surface area (Å²) in [5.74, 6) is -0.277. The van der Waals surface area contributed by atoms with E-state index < -0.39 is 0 Å². The van der Waals surface area contributed by atoms with Gasteiger partial charge in [0.2, 0.25) is 0 Å². The lowest BCUT2D eigenvalue weighted by atomic mass is 10.0. The Morgan fingerprint density at radius 3 is 2.63 bits per heavy atom. The van der Waals surface area contributed by atoms with E-state index in [1.165, 1.54) is 4.90 Å². The molecule has 0 saturated heterocycles. The molecule has 1 aliphatic heterocycles. The fourth-order valence-corrected chi connectivity index (χ4v) is 2.44. The molecular weight excluding hydrogens is 240 g/mol. The van der Waals surface area contributed by atoms with Crippen LogP contribution in [-0.2, 0) is 6.42 Å². The first-order valence-corrected chi connectivity index (χ1v) is 6.89. The van der Waals surface area contributed by atoms with Gasteiger partial charge in [0, 0.05) is 6.54 Å². The Balaban J connectivity index is 2.15. The van der Waals surface area contributed by atoms with Crippen LogP contribution in [0.3, 0.4) is 0 Å². The summed E-state index contributed by atoms with van der Waals surface area (Å²) < 4.78 is 0. The highest BCUT2D eigenvalue weighted by atomic mass is 16.2. The van der Waals surface area contributed by atoms with Crippen molar-refractivity contribution in [3.05, 3.63) is 34.9 Å². The number of fused-ring (bicyclic) bond motifs is 1. The number of nitrogens with one attached hydrogen (secondary N) is 1. The van der Waals surface area contributed by atoms with Crippen molar-refractivity contribution >= 4 is 11.8 Å². The number of hydrogen-bond acceptors (Lipinski definition) is 3. The van der Waals surface area contributed by atoms with Crippen LogP contribution in [0.15, 0.2) is 18.2 Å². The molecule has 0 aliphatic carbocycles. The van der Waals surface area contributed by atoms with Crippen molar-refractivity contribution < 1.29 is 9.59 Å². The Kier molecular flexibility index (Phi) is 4.32. The van der Waals surface area contributed by atoms with Crippen molar-refractivity contribution in [3.8, 4) is 0 Å². The molecule has 1 heterocycles. The average Bonchev–Trinajstić information content (AvgIpc) is 2.68. The van der Waals surface area contributed by atoms with E-state index in [1.54, 1.807) is 6.07 Å². The summed E-state index contributed by atoms with van der Waals surface area (Å²) >= 11 is 0. The van der Waals surface area contributed by atoms with Gasteiger partial charge in [-0.15, -0.1) is 0 Å². The fourth-order valence-electron chi connectivity index (χ4n) is 2.44. The minimum absolute atomic E-state index is 0.131. The molecule has 4 nitrogen and oxygen atoms in total. The zero-order valence-corrected chi connectivity index (χ0v) is 11.5. The second kappa shape index (κ2) is 5.97. The van der Waals surface area contributed by atoms with Crippen LogP contribution in [-0.4, -0.2) is 36.3 Å². The van der Waals surface area contributed by atoms with E-state index in [0.717, 1.165) is 31.5 Å². The molecule has 19 heavy (non-hydrogen) atoms. The lowest BCUT2D eigenvalue weighted by Gasteiger charge is -2.13. The summed E-state index contributed by atoms with van der Waals surface area (Å²) in [4.78, 5) is 25.9. The molecule has 0 saturated carbocycles. The summed E-state index contributed by atoms with van der Waals surface area (Å²) in [5.41, 5.74) is 2.14. The normalized spacial score (nSPS) is 14.1. The monoisotopic (exact) mass is 260 g/mol. The first-order chi connectivity index (χ1) is 9.20. The average molecular weight is 260 g/mol. The van der Waals surface area contributed by atoms with Crippen LogP contribution in [0.25, 0.3) is 0 Å². The molecule has 0 fully saturated rings. The Hall–Kier alpha value is -1.68. The Morgan fingerprint density at radius 1 is 1.16 bits per heavy atom. The number of amides is 2. The summed E-state index contributed by atoms with van der Waals surface area (Å²) in [7, 11) is 0. The fraction of sp³-hybridized carbons (Fsp3) is 0.467. The summed E-state index contributed by atoms with van der Waals surface area (Å²) in [6, 6.07) is 5.52. The topological polar surface area (TPSA) is 49.4 Å². The molecule has 0 bridgehead atoms. The van der Waals surface area contributed by atoms with Gasteiger partial charge in [0.25, 0.3) is 11.8 Å². The van der Waals surface area contributed by atoms with Crippen LogP contribution >= 0.6 is 0 Å². The van der Waals surface area contributed by atoms with E-state index in [0.29, 0.717) is 17.7 Å². The van der Waals surface area contributed by atoms with Crippen LogP contribution in [0.2, 0.25) is 0 Å². The number of nitrogens with zero attached hydrogens (tertiary/aromatic N) is 1. The molecule has 0 radical (unpaired) electrons. The number of benzene rings is 1. The predicted molar refractivity (Wildman–Crippen MR) is 74.3 cm³/mol. The SMILES string of the molecule is CCNCCCN1C(=O)c2cccc(CC)c2C1=O. The smallest absolute Gasteiger partial charge is 0.261 e.